The molecule has 1 N–H and O–H groups in total. The molecule has 2 nitrogen and oxygen atoms in total. The molecule has 1 aromatic heterocycles. The summed E-state index contributed by atoms with van der Waals surface area (Å²) < 4.78 is 3.10. The van der Waals surface area contributed by atoms with Crippen LogP contribution < -0.4 is 5.32 Å². The lowest BCUT2D eigenvalue weighted by Crippen LogP contribution is -2.24. The molecule has 0 aliphatic carbocycles. The molecule has 0 aliphatic rings. The summed E-state index contributed by atoms with van der Waals surface area (Å²) in [5, 5.41) is 3.50. The van der Waals surface area contributed by atoms with Gasteiger partial charge in [-0.05, 0) is 68.6 Å². The Morgan fingerprint density at radius 2 is 1.95 bits per heavy atom. The topological polar surface area (TPSA) is 24.9 Å². The number of rotatable bonds is 5. The van der Waals surface area contributed by atoms with Gasteiger partial charge < -0.3 is 5.32 Å². The molecule has 2 rings (SSSR count). The largest absolute Gasteiger partial charge is 0.309 e. The SMILES string of the molecule is CCNC(Cc1cccc(Br)c1)c1ncc(Br)cc1Br. The fourth-order valence-corrected chi connectivity index (χ4v) is 3.80. The molecule has 20 heavy (non-hydrogen) atoms. The summed E-state index contributed by atoms with van der Waals surface area (Å²) in [6, 6.07) is 10.6. The highest BCUT2D eigenvalue weighted by Crippen LogP contribution is 2.27. The van der Waals surface area contributed by atoms with Gasteiger partial charge in [0.1, 0.15) is 0 Å². The van der Waals surface area contributed by atoms with Gasteiger partial charge in [-0.15, -0.1) is 0 Å². The van der Waals surface area contributed by atoms with Crippen molar-refractivity contribution in [3.63, 3.8) is 0 Å². The van der Waals surface area contributed by atoms with Crippen molar-refractivity contribution in [2.24, 2.45) is 0 Å². The molecule has 0 spiro atoms. The Balaban J connectivity index is 2.26. The van der Waals surface area contributed by atoms with Gasteiger partial charge in [-0.2, -0.15) is 0 Å². The van der Waals surface area contributed by atoms with Crippen LogP contribution in [0, 0.1) is 0 Å². The number of pyridine rings is 1. The summed E-state index contributed by atoms with van der Waals surface area (Å²) in [6.45, 7) is 3.02. The molecule has 0 saturated heterocycles. The number of aromatic nitrogens is 1. The van der Waals surface area contributed by atoms with E-state index < -0.39 is 0 Å². The van der Waals surface area contributed by atoms with Crippen LogP contribution in [0.3, 0.4) is 0 Å². The molecule has 0 radical (unpaired) electrons. The average Bonchev–Trinajstić information content (AvgIpc) is 2.38. The summed E-state index contributed by atoms with van der Waals surface area (Å²) >= 11 is 10.6. The van der Waals surface area contributed by atoms with Crippen molar-refractivity contribution in [1.29, 1.82) is 0 Å². The summed E-state index contributed by atoms with van der Waals surface area (Å²) in [5.41, 5.74) is 2.32. The molecule has 2 aromatic rings. The van der Waals surface area contributed by atoms with Gasteiger partial charge in [0, 0.05) is 19.6 Å². The van der Waals surface area contributed by atoms with Crippen molar-refractivity contribution in [2.75, 3.05) is 6.54 Å². The molecular weight excluding hydrogens is 448 g/mol. The monoisotopic (exact) mass is 460 g/mol. The summed E-state index contributed by atoms with van der Waals surface area (Å²) in [4.78, 5) is 4.55. The number of hydrogen-bond acceptors (Lipinski definition) is 2. The minimum atomic E-state index is 0.191. The standard InChI is InChI=1S/C15H15Br3N2/c1-2-19-14(7-10-4-3-5-11(16)6-10)15-13(18)8-12(17)9-20-15/h3-6,8-9,14,19H,2,7H2,1H3. The zero-order chi connectivity index (χ0) is 14.5. The van der Waals surface area contributed by atoms with Crippen LogP contribution in [-0.2, 0) is 6.42 Å². The molecule has 1 unspecified atom stereocenters. The maximum Gasteiger partial charge on any atom is 0.0719 e. The van der Waals surface area contributed by atoms with Gasteiger partial charge in [0.25, 0.3) is 0 Å². The van der Waals surface area contributed by atoms with E-state index in [0.717, 1.165) is 32.1 Å². The maximum absolute atomic E-state index is 4.55. The first-order chi connectivity index (χ1) is 9.60. The molecule has 0 aliphatic heterocycles. The number of nitrogens with zero attached hydrogens (tertiary/aromatic N) is 1. The number of benzene rings is 1. The van der Waals surface area contributed by atoms with Crippen LogP contribution in [0.15, 0.2) is 49.9 Å². The van der Waals surface area contributed by atoms with Crippen LogP contribution in [0.5, 0.6) is 0 Å². The predicted octanol–water partition coefficient (Wildman–Crippen LogP) is 5.26. The minimum Gasteiger partial charge on any atom is -0.309 e. The zero-order valence-corrected chi connectivity index (χ0v) is 15.8. The van der Waals surface area contributed by atoms with Crippen LogP contribution in [-0.4, -0.2) is 11.5 Å². The second kappa shape index (κ2) is 7.69. The first-order valence-corrected chi connectivity index (χ1v) is 8.76. The third kappa shape index (κ3) is 4.38. The van der Waals surface area contributed by atoms with Crippen molar-refractivity contribution in [2.45, 2.75) is 19.4 Å². The molecule has 1 atom stereocenters. The number of likely N-dealkylation sites (N-methyl/N-ethyl adjacent to an activating group) is 1. The molecule has 5 heteroatoms. The van der Waals surface area contributed by atoms with E-state index in [1.165, 1.54) is 5.56 Å². The van der Waals surface area contributed by atoms with Crippen LogP contribution in [0.25, 0.3) is 0 Å². The quantitative estimate of drug-likeness (QED) is 0.655. The molecule has 0 bridgehead atoms. The summed E-state index contributed by atoms with van der Waals surface area (Å²) in [6.07, 6.45) is 2.74. The predicted molar refractivity (Wildman–Crippen MR) is 93.9 cm³/mol. The second-order valence-electron chi connectivity index (χ2n) is 4.46. The van der Waals surface area contributed by atoms with Gasteiger partial charge in [0.2, 0.25) is 0 Å². The Hall–Kier alpha value is -0.230. The Morgan fingerprint density at radius 1 is 1.15 bits per heavy atom. The van der Waals surface area contributed by atoms with E-state index in [2.05, 4.69) is 83.2 Å². The van der Waals surface area contributed by atoms with Crippen molar-refractivity contribution < 1.29 is 0 Å². The van der Waals surface area contributed by atoms with Gasteiger partial charge in [0.05, 0.1) is 11.7 Å². The van der Waals surface area contributed by atoms with Crippen LogP contribution in [0.2, 0.25) is 0 Å². The van der Waals surface area contributed by atoms with E-state index in [4.69, 9.17) is 0 Å². The van der Waals surface area contributed by atoms with Crippen LogP contribution in [0.1, 0.15) is 24.2 Å². The van der Waals surface area contributed by atoms with E-state index in [9.17, 15) is 0 Å². The lowest BCUT2D eigenvalue weighted by Gasteiger charge is -2.19. The number of hydrogen-bond donors (Lipinski definition) is 1. The van der Waals surface area contributed by atoms with Crippen LogP contribution in [0.4, 0.5) is 0 Å². The van der Waals surface area contributed by atoms with Gasteiger partial charge in [-0.3, -0.25) is 4.98 Å². The molecule has 0 amide bonds. The van der Waals surface area contributed by atoms with E-state index in [-0.39, 0.29) is 6.04 Å². The fourth-order valence-electron chi connectivity index (χ4n) is 2.09. The van der Waals surface area contributed by atoms with Crippen molar-refractivity contribution >= 4 is 47.8 Å². The maximum atomic E-state index is 4.55. The zero-order valence-electron chi connectivity index (χ0n) is 11.0. The third-order valence-corrected chi connectivity index (χ3v) is 4.51. The third-order valence-electron chi connectivity index (χ3n) is 2.95. The van der Waals surface area contributed by atoms with Crippen molar-refractivity contribution in [3.05, 3.63) is 61.2 Å². The first kappa shape index (κ1) is 16.1. The summed E-state index contributed by atoms with van der Waals surface area (Å²) in [5.74, 6) is 0. The lowest BCUT2D eigenvalue weighted by atomic mass is 10.0. The molecule has 1 aromatic carbocycles. The highest BCUT2D eigenvalue weighted by Gasteiger charge is 2.16. The highest BCUT2D eigenvalue weighted by atomic mass is 79.9. The van der Waals surface area contributed by atoms with Gasteiger partial charge >= 0.3 is 0 Å². The second-order valence-corrected chi connectivity index (χ2v) is 7.15. The van der Waals surface area contributed by atoms with E-state index in [1.807, 2.05) is 18.3 Å². The molecule has 106 valence electrons. The normalized spacial score (nSPS) is 12.4. The summed E-state index contributed by atoms with van der Waals surface area (Å²) in [7, 11) is 0. The fraction of sp³-hybridized carbons (Fsp3) is 0.267. The van der Waals surface area contributed by atoms with Crippen LogP contribution >= 0.6 is 47.8 Å². The molecule has 1 heterocycles. The van der Waals surface area contributed by atoms with E-state index >= 15 is 0 Å². The molecular formula is C15H15Br3N2. The van der Waals surface area contributed by atoms with Gasteiger partial charge in [-0.25, -0.2) is 0 Å². The number of halogens is 3. The smallest absolute Gasteiger partial charge is 0.0719 e. The lowest BCUT2D eigenvalue weighted by molar-refractivity contribution is 0.534. The average molecular weight is 463 g/mol. The number of nitrogens with one attached hydrogen (secondary N) is 1. The first-order valence-electron chi connectivity index (χ1n) is 6.39. The highest BCUT2D eigenvalue weighted by molar-refractivity contribution is 9.11. The minimum absolute atomic E-state index is 0.191. The van der Waals surface area contributed by atoms with Crippen molar-refractivity contribution in [1.82, 2.24) is 10.3 Å². The Kier molecular flexibility index (Phi) is 6.20. The van der Waals surface area contributed by atoms with Crippen molar-refractivity contribution in [3.8, 4) is 0 Å². The molecule has 0 saturated carbocycles. The van der Waals surface area contributed by atoms with Gasteiger partial charge in [0.15, 0.2) is 0 Å². The van der Waals surface area contributed by atoms with E-state index in [0.29, 0.717) is 0 Å². The van der Waals surface area contributed by atoms with Gasteiger partial charge in [-0.1, -0.05) is 35.0 Å². The molecule has 0 fully saturated rings. The van der Waals surface area contributed by atoms with E-state index in [1.54, 1.807) is 0 Å². The Labute approximate surface area is 144 Å². The Morgan fingerprint density at radius 3 is 2.60 bits per heavy atom. The Bertz CT molecular complexity index is 587.